The van der Waals surface area contributed by atoms with Crippen LogP contribution in [0.25, 0.3) is 0 Å². The fraction of sp³-hybridized carbons (Fsp3) is 0.562. The first-order valence-corrected chi connectivity index (χ1v) is 8.15. The molecule has 1 aromatic rings. The second kappa shape index (κ2) is 6.72. The second-order valence-electron chi connectivity index (χ2n) is 5.40. The van der Waals surface area contributed by atoms with Gasteiger partial charge in [-0.1, -0.05) is 19.9 Å². The van der Waals surface area contributed by atoms with E-state index in [0.29, 0.717) is 6.04 Å². The lowest BCUT2D eigenvalue weighted by Crippen LogP contribution is -2.38. The molecule has 1 unspecified atom stereocenters. The molecule has 1 heterocycles. The largest absolute Gasteiger partial charge is 0.337 e. The minimum atomic E-state index is 0.145. The molecule has 1 aromatic carbocycles. The number of amides is 1. The van der Waals surface area contributed by atoms with Gasteiger partial charge in [-0.15, -0.1) is 0 Å². The van der Waals surface area contributed by atoms with E-state index in [1.165, 1.54) is 0 Å². The number of aryl methyl sites for hydroxylation is 1. The Balaban J connectivity index is 2.08. The van der Waals surface area contributed by atoms with Crippen LogP contribution in [0.4, 0.5) is 0 Å². The van der Waals surface area contributed by atoms with Gasteiger partial charge >= 0.3 is 0 Å². The lowest BCUT2D eigenvalue weighted by atomic mass is 10.1. The first-order chi connectivity index (χ1) is 9.56. The molecular weight excluding hydrogens is 316 g/mol. The second-order valence-corrected chi connectivity index (χ2v) is 6.25. The molecule has 1 saturated heterocycles. The summed E-state index contributed by atoms with van der Waals surface area (Å²) >= 11 is 3.51. The van der Waals surface area contributed by atoms with E-state index in [0.717, 1.165) is 48.2 Å². The Hall–Kier alpha value is -0.870. The van der Waals surface area contributed by atoms with E-state index >= 15 is 0 Å². The Morgan fingerprint density at radius 1 is 1.40 bits per heavy atom. The highest BCUT2D eigenvalue weighted by atomic mass is 79.9. The lowest BCUT2D eigenvalue weighted by Gasteiger charge is -2.26. The smallest absolute Gasteiger partial charge is 0.255 e. The van der Waals surface area contributed by atoms with Gasteiger partial charge in [0, 0.05) is 23.6 Å². The van der Waals surface area contributed by atoms with Crippen molar-refractivity contribution in [2.24, 2.45) is 0 Å². The van der Waals surface area contributed by atoms with E-state index in [2.05, 4.69) is 34.7 Å². The molecule has 1 atom stereocenters. The summed E-state index contributed by atoms with van der Waals surface area (Å²) in [5, 5.41) is 0. The van der Waals surface area contributed by atoms with Crippen LogP contribution in [-0.4, -0.2) is 47.9 Å². The average molecular weight is 339 g/mol. The highest BCUT2D eigenvalue weighted by molar-refractivity contribution is 9.10. The van der Waals surface area contributed by atoms with Crippen LogP contribution >= 0.6 is 15.9 Å². The van der Waals surface area contributed by atoms with Crippen molar-refractivity contribution in [2.75, 3.05) is 26.2 Å². The van der Waals surface area contributed by atoms with E-state index in [-0.39, 0.29) is 5.91 Å². The van der Waals surface area contributed by atoms with Crippen LogP contribution < -0.4 is 0 Å². The van der Waals surface area contributed by atoms with Crippen LogP contribution in [0, 0.1) is 6.92 Å². The number of nitrogens with zero attached hydrogens (tertiary/aromatic N) is 2. The molecule has 2 rings (SSSR count). The third-order valence-corrected chi connectivity index (χ3v) is 4.79. The molecule has 1 aliphatic rings. The van der Waals surface area contributed by atoms with Gasteiger partial charge in [-0.05, 0) is 60.1 Å². The molecule has 0 spiro atoms. The van der Waals surface area contributed by atoms with Gasteiger partial charge in [0.2, 0.25) is 0 Å². The van der Waals surface area contributed by atoms with Crippen molar-refractivity contribution in [2.45, 2.75) is 33.2 Å². The van der Waals surface area contributed by atoms with Crippen molar-refractivity contribution < 1.29 is 4.79 Å². The van der Waals surface area contributed by atoms with Gasteiger partial charge in [-0.3, -0.25) is 9.69 Å². The molecule has 0 aliphatic carbocycles. The van der Waals surface area contributed by atoms with E-state index in [1.54, 1.807) is 0 Å². The van der Waals surface area contributed by atoms with E-state index in [1.807, 2.05) is 30.0 Å². The summed E-state index contributed by atoms with van der Waals surface area (Å²) < 4.78 is 0.897. The lowest BCUT2D eigenvalue weighted by molar-refractivity contribution is 0.0777. The Morgan fingerprint density at radius 3 is 2.70 bits per heavy atom. The molecule has 1 amide bonds. The minimum Gasteiger partial charge on any atom is -0.337 e. The average Bonchev–Trinajstić information content (AvgIpc) is 2.89. The minimum absolute atomic E-state index is 0.145. The number of likely N-dealkylation sites (tertiary alicyclic amines) is 1. The summed E-state index contributed by atoms with van der Waals surface area (Å²) in [7, 11) is 0. The van der Waals surface area contributed by atoms with Gasteiger partial charge in [-0.2, -0.15) is 0 Å². The zero-order chi connectivity index (χ0) is 14.7. The van der Waals surface area contributed by atoms with Crippen LogP contribution in [0.5, 0.6) is 0 Å². The van der Waals surface area contributed by atoms with Gasteiger partial charge in [0.05, 0.1) is 5.56 Å². The zero-order valence-corrected chi connectivity index (χ0v) is 14.1. The third kappa shape index (κ3) is 3.23. The SMILES string of the molecule is CCN(CC)C1CCN(C(=O)c2ccc(C)cc2Br)C1. The monoisotopic (exact) mass is 338 g/mol. The van der Waals surface area contributed by atoms with Crippen LogP contribution in [0.3, 0.4) is 0 Å². The van der Waals surface area contributed by atoms with Gasteiger partial charge in [0.1, 0.15) is 0 Å². The maximum Gasteiger partial charge on any atom is 0.255 e. The molecule has 20 heavy (non-hydrogen) atoms. The maximum absolute atomic E-state index is 12.6. The molecule has 1 fully saturated rings. The van der Waals surface area contributed by atoms with E-state index < -0.39 is 0 Å². The van der Waals surface area contributed by atoms with Crippen molar-refractivity contribution in [1.29, 1.82) is 0 Å². The normalized spacial score (nSPS) is 18.9. The fourth-order valence-electron chi connectivity index (χ4n) is 2.93. The third-order valence-electron chi connectivity index (χ3n) is 4.13. The Labute approximate surface area is 130 Å². The summed E-state index contributed by atoms with van der Waals surface area (Å²) in [5.74, 6) is 0.145. The number of carbonyl (C=O) groups is 1. The summed E-state index contributed by atoms with van der Waals surface area (Å²) in [5.41, 5.74) is 1.94. The number of likely N-dealkylation sites (N-methyl/N-ethyl adjacent to an activating group) is 1. The summed E-state index contributed by atoms with van der Waals surface area (Å²) in [6.07, 6.45) is 1.08. The molecule has 0 radical (unpaired) electrons. The standard InChI is InChI=1S/C16H23BrN2O/c1-4-18(5-2)13-8-9-19(11-13)16(20)14-7-6-12(3)10-15(14)17/h6-7,10,13H,4-5,8-9,11H2,1-3H3. The highest BCUT2D eigenvalue weighted by Crippen LogP contribution is 2.23. The summed E-state index contributed by atoms with van der Waals surface area (Å²) in [6, 6.07) is 6.44. The first kappa shape index (κ1) is 15.5. The molecular formula is C16H23BrN2O. The molecule has 1 aliphatic heterocycles. The fourth-order valence-corrected chi connectivity index (χ4v) is 3.59. The van der Waals surface area contributed by atoms with Crippen LogP contribution in [0.2, 0.25) is 0 Å². The number of halogens is 1. The van der Waals surface area contributed by atoms with Gasteiger partial charge < -0.3 is 4.90 Å². The number of carbonyl (C=O) groups excluding carboxylic acids is 1. The van der Waals surface area contributed by atoms with Gasteiger partial charge in [-0.25, -0.2) is 0 Å². The highest BCUT2D eigenvalue weighted by Gasteiger charge is 2.30. The molecule has 0 aromatic heterocycles. The summed E-state index contributed by atoms with van der Waals surface area (Å²) in [4.78, 5) is 17.0. The predicted octanol–water partition coefficient (Wildman–Crippen LogP) is 3.31. The molecule has 3 nitrogen and oxygen atoms in total. The van der Waals surface area contributed by atoms with Gasteiger partial charge in [0.25, 0.3) is 5.91 Å². The van der Waals surface area contributed by atoms with Crippen LogP contribution in [0.1, 0.15) is 36.2 Å². The van der Waals surface area contributed by atoms with Crippen molar-refractivity contribution in [3.05, 3.63) is 33.8 Å². The van der Waals surface area contributed by atoms with Crippen LogP contribution in [0.15, 0.2) is 22.7 Å². The predicted molar refractivity (Wildman–Crippen MR) is 86.1 cm³/mol. The number of rotatable bonds is 4. The Bertz CT molecular complexity index is 485. The number of benzene rings is 1. The van der Waals surface area contributed by atoms with Crippen molar-refractivity contribution in [3.8, 4) is 0 Å². The van der Waals surface area contributed by atoms with Crippen LogP contribution in [-0.2, 0) is 0 Å². The zero-order valence-electron chi connectivity index (χ0n) is 12.5. The van der Waals surface area contributed by atoms with Crippen molar-refractivity contribution >= 4 is 21.8 Å². The molecule has 0 bridgehead atoms. The Kier molecular flexibility index (Phi) is 5.22. The summed E-state index contributed by atoms with van der Waals surface area (Å²) in [6.45, 7) is 10.2. The molecule has 4 heteroatoms. The number of hydrogen-bond donors (Lipinski definition) is 0. The molecule has 0 N–H and O–H groups in total. The van der Waals surface area contributed by atoms with Crippen molar-refractivity contribution in [3.63, 3.8) is 0 Å². The van der Waals surface area contributed by atoms with Gasteiger partial charge in [0.15, 0.2) is 0 Å². The first-order valence-electron chi connectivity index (χ1n) is 7.36. The number of hydrogen-bond acceptors (Lipinski definition) is 2. The molecule has 0 saturated carbocycles. The topological polar surface area (TPSA) is 23.6 Å². The molecule has 110 valence electrons. The van der Waals surface area contributed by atoms with E-state index in [4.69, 9.17) is 0 Å². The Morgan fingerprint density at radius 2 is 2.10 bits per heavy atom. The van der Waals surface area contributed by atoms with Crippen molar-refractivity contribution in [1.82, 2.24) is 9.80 Å². The quantitative estimate of drug-likeness (QED) is 0.840. The van der Waals surface area contributed by atoms with E-state index in [9.17, 15) is 4.79 Å². The maximum atomic E-state index is 12.6.